The van der Waals surface area contributed by atoms with Crippen LogP contribution in [-0.2, 0) is 9.59 Å². The molecule has 0 spiro atoms. The van der Waals surface area contributed by atoms with Crippen molar-refractivity contribution in [2.45, 2.75) is 52.9 Å². The SMILES string of the molecule is CCC(=O)C(=O)CC1CC(C)CC(C)C1. The first kappa shape index (κ1) is 12.4. The van der Waals surface area contributed by atoms with Gasteiger partial charge >= 0.3 is 0 Å². The Bertz CT molecular complexity index is 235. The average Bonchev–Trinajstić information content (AvgIpc) is 2.14. The van der Waals surface area contributed by atoms with E-state index in [0.717, 1.165) is 12.8 Å². The topological polar surface area (TPSA) is 34.1 Å². The van der Waals surface area contributed by atoms with Crippen molar-refractivity contribution in [2.24, 2.45) is 17.8 Å². The number of ketones is 2. The molecule has 1 aliphatic carbocycles. The van der Waals surface area contributed by atoms with Crippen LogP contribution >= 0.6 is 0 Å². The summed E-state index contributed by atoms with van der Waals surface area (Å²) in [6.07, 6.45) is 4.35. The summed E-state index contributed by atoms with van der Waals surface area (Å²) < 4.78 is 0. The molecular weight excluding hydrogens is 188 g/mol. The van der Waals surface area contributed by atoms with Crippen molar-refractivity contribution in [1.29, 1.82) is 0 Å². The Morgan fingerprint density at radius 3 is 2.00 bits per heavy atom. The third-order valence-electron chi connectivity index (χ3n) is 3.38. The van der Waals surface area contributed by atoms with Crippen LogP contribution in [0.15, 0.2) is 0 Å². The summed E-state index contributed by atoms with van der Waals surface area (Å²) in [5.74, 6) is 1.53. The van der Waals surface area contributed by atoms with Gasteiger partial charge in [-0.1, -0.05) is 20.8 Å². The Labute approximate surface area is 92.4 Å². The highest BCUT2D eigenvalue weighted by atomic mass is 16.2. The van der Waals surface area contributed by atoms with Gasteiger partial charge in [0.05, 0.1) is 0 Å². The normalized spacial score (nSPS) is 31.3. The van der Waals surface area contributed by atoms with Crippen LogP contribution in [0.25, 0.3) is 0 Å². The highest BCUT2D eigenvalue weighted by Gasteiger charge is 2.26. The maximum Gasteiger partial charge on any atom is 0.198 e. The van der Waals surface area contributed by atoms with Crippen molar-refractivity contribution in [3.63, 3.8) is 0 Å². The number of carbonyl (C=O) groups excluding carboxylic acids is 2. The van der Waals surface area contributed by atoms with E-state index in [4.69, 9.17) is 0 Å². The molecule has 1 saturated carbocycles. The standard InChI is InChI=1S/C13H22O2/c1-4-12(14)13(15)8-11-6-9(2)5-10(3)7-11/h9-11H,4-8H2,1-3H3. The van der Waals surface area contributed by atoms with E-state index in [0.29, 0.717) is 30.6 Å². The summed E-state index contributed by atoms with van der Waals surface area (Å²) in [7, 11) is 0. The monoisotopic (exact) mass is 210 g/mol. The van der Waals surface area contributed by atoms with E-state index in [2.05, 4.69) is 13.8 Å². The van der Waals surface area contributed by atoms with Gasteiger partial charge < -0.3 is 0 Å². The van der Waals surface area contributed by atoms with Crippen molar-refractivity contribution >= 4 is 11.6 Å². The Morgan fingerprint density at radius 1 is 1.00 bits per heavy atom. The molecule has 0 amide bonds. The second-order valence-electron chi connectivity index (χ2n) is 5.19. The highest BCUT2D eigenvalue weighted by Crippen LogP contribution is 2.34. The van der Waals surface area contributed by atoms with Gasteiger partial charge in [-0.15, -0.1) is 0 Å². The number of hydrogen-bond acceptors (Lipinski definition) is 2. The van der Waals surface area contributed by atoms with Gasteiger partial charge in [-0.05, 0) is 37.0 Å². The fourth-order valence-electron chi connectivity index (χ4n) is 2.85. The van der Waals surface area contributed by atoms with Gasteiger partial charge in [0, 0.05) is 12.8 Å². The predicted molar refractivity (Wildman–Crippen MR) is 60.6 cm³/mol. The molecule has 1 aliphatic rings. The lowest BCUT2D eigenvalue weighted by atomic mass is 9.75. The number of hydrogen-bond donors (Lipinski definition) is 0. The quantitative estimate of drug-likeness (QED) is 0.668. The van der Waals surface area contributed by atoms with Gasteiger partial charge in [-0.3, -0.25) is 9.59 Å². The van der Waals surface area contributed by atoms with E-state index >= 15 is 0 Å². The fourth-order valence-corrected chi connectivity index (χ4v) is 2.85. The summed E-state index contributed by atoms with van der Waals surface area (Å²) in [5, 5.41) is 0. The number of rotatable bonds is 4. The molecule has 0 bridgehead atoms. The van der Waals surface area contributed by atoms with Crippen LogP contribution < -0.4 is 0 Å². The van der Waals surface area contributed by atoms with Crippen LogP contribution in [0.1, 0.15) is 52.9 Å². The zero-order valence-electron chi connectivity index (χ0n) is 10.1. The zero-order valence-corrected chi connectivity index (χ0v) is 10.1. The van der Waals surface area contributed by atoms with Gasteiger partial charge in [0.15, 0.2) is 11.6 Å². The molecule has 0 aromatic rings. The van der Waals surface area contributed by atoms with Crippen molar-refractivity contribution in [1.82, 2.24) is 0 Å². The van der Waals surface area contributed by atoms with Crippen LogP contribution in [0.2, 0.25) is 0 Å². The van der Waals surface area contributed by atoms with E-state index in [1.807, 2.05) is 0 Å². The summed E-state index contributed by atoms with van der Waals surface area (Å²) in [4.78, 5) is 22.7. The molecule has 0 N–H and O–H groups in total. The average molecular weight is 210 g/mol. The molecule has 0 aromatic carbocycles. The Kier molecular flexibility index (Phi) is 4.49. The first-order chi connectivity index (χ1) is 7.02. The molecule has 86 valence electrons. The number of Topliss-reactive ketones (excluding diaryl/α,β-unsaturated/α-hetero) is 2. The van der Waals surface area contributed by atoms with Gasteiger partial charge in [0.1, 0.15) is 0 Å². The number of carbonyl (C=O) groups is 2. The third-order valence-corrected chi connectivity index (χ3v) is 3.38. The minimum Gasteiger partial charge on any atom is -0.291 e. The molecule has 2 atom stereocenters. The van der Waals surface area contributed by atoms with E-state index < -0.39 is 0 Å². The second-order valence-corrected chi connectivity index (χ2v) is 5.19. The Hall–Kier alpha value is -0.660. The van der Waals surface area contributed by atoms with Crippen LogP contribution in [0, 0.1) is 17.8 Å². The van der Waals surface area contributed by atoms with Crippen LogP contribution in [0.5, 0.6) is 0 Å². The molecule has 0 aromatic heterocycles. The second kappa shape index (κ2) is 5.43. The lowest BCUT2D eigenvalue weighted by Gasteiger charge is -2.30. The predicted octanol–water partition coefficient (Wildman–Crippen LogP) is 3.00. The van der Waals surface area contributed by atoms with Crippen molar-refractivity contribution in [3.05, 3.63) is 0 Å². The van der Waals surface area contributed by atoms with E-state index in [1.54, 1.807) is 6.92 Å². The van der Waals surface area contributed by atoms with Crippen LogP contribution in [-0.4, -0.2) is 11.6 Å². The molecule has 0 heterocycles. The molecule has 15 heavy (non-hydrogen) atoms. The minimum atomic E-state index is -0.194. The van der Waals surface area contributed by atoms with Crippen LogP contribution in [0.4, 0.5) is 0 Å². The molecule has 1 rings (SSSR count). The lowest BCUT2D eigenvalue weighted by molar-refractivity contribution is -0.137. The van der Waals surface area contributed by atoms with Gasteiger partial charge in [0.2, 0.25) is 0 Å². The molecule has 0 radical (unpaired) electrons. The smallest absolute Gasteiger partial charge is 0.198 e. The molecular formula is C13H22O2. The first-order valence-corrected chi connectivity index (χ1v) is 6.08. The van der Waals surface area contributed by atoms with Gasteiger partial charge in [-0.25, -0.2) is 0 Å². The van der Waals surface area contributed by atoms with E-state index in [9.17, 15) is 9.59 Å². The summed E-state index contributed by atoms with van der Waals surface area (Å²) >= 11 is 0. The van der Waals surface area contributed by atoms with Gasteiger partial charge in [0.25, 0.3) is 0 Å². The molecule has 0 saturated heterocycles. The van der Waals surface area contributed by atoms with E-state index in [1.165, 1.54) is 6.42 Å². The Morgan fingerprint density at radius 2 is 1.53 bits per heavy atom. The maximum atomic E-state index is 11.5. The van der Waals surface area contributed by atoms with Crippen molar-refractivity contribution in [2.75, 3.05) is 0 Å². The molecule has 0 aliphatic heterocycles. The minimum absolute atomic E-state index is 0.149. The molecule has 2 heteroatoms. The lowest BCUT2D eigenvalue weighted by Crippen LogP contribution is -2.24. The molecule has 2 unspecified atom stereocenters. The highest BCUT2D eigenvalue weighted by molar-refractivity contribution is 6.37. The first-order valence-electron chi connectivity index (χ1n) is 6.08. The zero-order chi connectivity index (χ0) is 11.4. The van der Waals surface area contributed by atoms with Crippen molar-refractivity contribution in [3.8, 4) is 0 Å². The largest absolute Gasteiger partial charge is 0.291 e. The van der Waals surface area contributed by atoms with Gasteiger partial charge in [-0.2, -0.15) is 0 Å². The summed E-state index contributed by atoms with van der Waals surface area (Å²) in [5.41, 5.74) is 0. The maximum absolute atomic E-state index is 11.5. The molecule has 2 nitrogen and oxygen atoms in total. The van der Waals surface area contributed by atoms with Crippen LogP contribution in [0.3, 0.4) is 0 Å². The van der Waals surface area contributed by atoms with E-state index in [-0.39, 0.29) is 11.6 Å². The Balaban J connectivity index is 2.44. The summed E-state index contributed by atoms with van der Waals surface area (Å²) in [6.45, 7) is 6.25. The summed E-state index contributed by atoms with van der Waals surface area (Å²) in [6, 6.07) is 0. The fraction of sp³-hybridized carbons (Fsp3) is 0.846. The van der Waals surface area contributed by atoms with Crippen molar-refractivity contribution < 1.29 is 9.59 Å². The molecule has 1 fully saturated rings. The third kappa shape index (κ3) is 3.77.